The molecule has 0 saturated carbocycles. The lowest BCUT2D eigenvalue weighted by molar-refractivity contribution is 0.979. The average Bonchev–Trinajstić information content (AvgIpc) is 3.80. The molecule has 7 aromatic carbocycles. The van der Waals surface area contributed by atoms with Crippen molar-refractivity contribution >= 4 is 49.4 Å². The summed E-state index contributed by atoms with van der Waals surface area (Å²) >= 11 is 0. The van der Waals surface area contributed by atoms with Crippen LogP contribution in [-0.2, 0) is 0 Å². The van der Waals surface area contributed by atoms with E-state index in [2.05, 4.69) is 142 Å². The Labute approximate surface area is 310 Å². The van der Waals surface area contributed by atoms with Crippen LogP contribution < -0.4 is 0 Å². The standard InChI is InChI=1S/C48H30N6/c1-3-14-31(15-4-1)41-30-42(50-46(49-41)32-16-5-2-6-17-32)35-19-13-18-33(28-35)34-26-27-44-38(29-34)36-20-8-11-24-43(36)53(44)48-52-39-22-9-7-21-37(39)47-51-40-23-10-12-25-45(40)54(47)48/h1-30H. The third kappa shape index (κ3) is 4.81. The summed E-state index contributed by atoms with van der Waals surface area (Å²) in [7, 11) is 0. The van der Waals surface area contributed by atoms with Gasteiger partial charge in [-0.05, 0) is 65.7 Å². The van der Waals surface area contributed by atoms with Crippen molar-refractivity contribution in [1.82, 2.24) is 28.9 Å². The molecule has 0 unspecified atom stereocenters. The van der Waals surface area contributed by atoms with Crippen LogP contribution in [0.1, 0.15) is 0 Å². The van der Waals surface area contributed by atoms with Gasteiger partial charge in [-0.2, -0.15) is 0 Å². The van der Waals surface area contributed by atoms with Gasteiger partial charge in [0.15, 0.2) is 5.82 Å². The summed E-state index contributed by atoms with van der Waals surface area (Å²) in [6.07, 6.45) is 0. The first-order valence-corrected chi connectivity index (χ1v) is 18.1. The highest BCUT2D eigenvalue weighted by Crippen LogP contribution is 2.37. The quantitative estimate of drug-likeness (QED) is 0.180. The van der Waals surface area contributed by atoms with Crippen molar-refractivity contribution in [2.45, 2.75) is 0 Å². The van der Waals surface area contributed by atoms with E-state index in [1.54, 1.807) is 0 Å². The maximum atomic E-state index is 5.33. The molecule has 0 aliphatic rings. The Morgan fingerprint density at radius 3 is 1.74 bits per heavy atom. The minimum Gasteiger partial charge on any atom is -0.279 e. The molecule has 0 fully saturated rings. The first-order valence-electron chi connectivity index (χ1n) is 18.1. The number of nitrogens with zero attached hydrogens (tertiary/aromatic N) is 6. The lowest BCUT2D eigenvalue weighted by atomic mass is 9.99. The molecule has 0 spiro atoms. The summed E-state index contributed by atoms with van der Waals surface area (Å²) in [6.45, 7) is 0. The molecule has 0 amide bonds. The van der Waals surface area contributed by atoms with Crippen LogP contribution in [0.3, 0.4) is 0 Å². The van der Waals surface area contributed by atoms with Crippen molar-refractivity contribution in [2.75, 3.05) is 0 Å². The van der Waals surface area contributed by atoms with E-state index >= 15 is 0 Å². The minimum atomic E-state index is 0.702. The van der Waals surface area contributed by atoms with E-state index < -0.39 is 0 Å². The predicted octanol–water partition coefficient (Wildman–Crippen LogP) is 11.6. The number of hydrogen-bond donors (Lipinski definition) is 0. The van der Waals surface area contributed by atoms with Crippen molar-refractivity contribution in [3.05, 3.63) is 182 Å². The van der Waals surface area contributed by atoms with Gasteiger partial charge in [-0.3, -0.25) is 8.97 Å². The third-order valence-corrected chi connectivity index (χ3v) is 10.3. The molecule has 4 heterocycles. The summed E-state index contributed by atoms with van der Waals surface area (Å²) < 4.78 is 4.49. The maximum absolute atomic E-state index is 5.33. The molecule has 252 valence electrons. The fourth-order valence-corrected chi connectivity index (χ4v) is 7.77. The van der Waals surface area contributed by atoms with E-state index in [1.807, 2.05) is 48.5 Å². The monoisotopic (exact) mass is 690 g/mol. The second-order valence-corrected chi connectivity index (χ2v) is 13.5. The Hall–Kier alpha value is -7.44. The van der Waals surface area contributed by atoms with Crippen molar-refractivity contribution < 1.29 is 0 Å². The molecule has 0 radical (unpaired) electrons. The average molecular weight is 691 g/mol. The fourth-order valence-electron chi connectivity index (χ4n) is 7.77. The van der Waals surface area contributed by atoms with Crippen LogP contribution >= 0.6 is 0 Å². The second-order valence-electron chi connectivity index (χ2n) is 13.5. The lowest BCUT2D eigenvalue weighted by Crippen LogP contribution is -2.06. The van der Waals surface area contributed by atoms with E-state index in [-0.39, 0.29) is 0 Å². The van der Waals surface area contributed by atoms with Gasteiger partial charge in [-0.1, -0.05) is 127 Å². The van der Waals surface area contributed by atoms with Crippen LogP contribution in [0, 0.1) is 0 Å². The Morgan fingerprint density at radius 2 is 0.926 bits per heavy atom. The summed E-state index contributed by atoms with van der Waals surface area (Å²) in [4.78, 5) is 20.5. The number of benzene rings is 7. The van der Waals surface area contributed by atoms with Crippen LogP contribution in [0.5, 0.6) is 0 Å². The van der Waals surface area contributed by atoms with Gasteiger partial charge < -0.3 is 0 Å². The molecule has 0 saturated heterocycles. The molecular formula is C48H30N6. The number of aromatic nitrogens is 6. The highest BCUT2D eigenvalue weighted by molar-refractivity contribution is 6.11. The Kier molecular flexibility index (Phi) is 6.75. The molecule has 0 aliphatic carbocycles. The van der Waals surface area contributed by atoms with E-state index in [0.717, 1.165) is 94.5 Å². The smallest absolute Gasteiger partial charge is 0.221 e. The summed E-state index contributed by atoms with van der Waals surface area (Å²) in [6, 6.07) is 63.1. The summed E-state index contributed by atoms with van der Waals surface area (Å²) in [5, 5.41) is 3.34. The molecule has 11 rings (SSSR count). The largest absolute Gasteiger partial charge is 0.279 e. The van der Waals surface area contributed by atoms with E-state index in [1.165, 1.54) is 0 Å². The van der Waals surface area contributed by atoms with Gasteiger partial charge in [-0.25, -0.2) is 19.9 Å². The Balaban J connectivity index is 1.09. The van der Waals surface area contributed by atoms with Crippen LogP contribution in [0.25, 0.3) is 100 Å². The summed E-state index contributed by atoms with van der Waals surface area (Å²) in [5.41, 5.74) is 13.0. The van der Waals surface area contributed by atoms with Crippen LogP contribution in [0.2, 0.25) is 0 Å². The maximum Gasteiger partial charge on any atom is 0.221 e. The highest BCUT2D eigenvalue weighted by atomic mass is 15.2. The normalized spacial score (nSPS) is 11.7. The van der Waals surface area contributed by atoms with Crippen LogP contribution in [-0.4, -0.2) is 28.9 Å². The third-order valence-electron chi connectivity index (χ3n) is 10.3. The molecule has 0 bridgehead atoms. The zero-order chi connectivity index (χ0) is 35.6. The molecule has 11 aromatic rings. The van der Waals surface area contributed by atoms with Crippen molar-refractivity contribution in [1.29, 1.82) is 0 Å². The van der Waals surface area contributed by atoms with Gasteiger partial charge in [0, 0.05) is 32.8 Å². The van der Waals surface area contributed by atoms with Crippen molar-refractivity contribution in [3.8, 4) is 51.0 Å². The van der Waals surface area contributed by atoms with E-state index in [4.69, 9.17) is 19.9 Å². The summed E-state index contributed by atoms with van der Waals surface area (Å²) in [5.74, 6) is 1.51. The van der Waals surface area contributed by atoms with Crippen molar-refractivity contribution in [3.63, 3.8) is 0 Å². The molecule has 6 nitrogen and oxygen atoms in total. The zero-order valence-electron chi connectivity index (χ0n) is 29.0. The molecule has 4 aromatic heterocycles. The highest BCUT2D eigenvalue weighted by Gasteiger charge is 2.20. The number of fused-ring (bicyclic) bond motifs is 8. The molecule has 0 N–H and O–H groups in total. The van der Waals surface area contributed by atoms with Crippen LogP contribution in [0.4, 0.5) is 0 Å². The van der Waals surface area contributed by atoms with E-state index in [0.29, 0.717) is 5.82 Å². The Bertz CT molecular complexity index is 3160. The van der Waals surface area contributed by atoms with Gasteiger partial charge in [0.1, 0.15) is 5.65 Å². The first-order chi connectivity index (χ1) is 26.8. The molecule has 0 aliphatic heterocycles. The fraction of sp³-hybridized carbons (Fsp3) is 0. The van der Waals surface area contributed by atoms with Gasteiger partial charge in [0.05, 0.1) is 39.0 Å². The van der Waals surface area contributed by atoms with Gasteiger partial charge in [0.2, 0.25) is 5.95 Å². The predicted molar refractivity (Wildman–Crippen MR) is 220 cm³/mol. The Morgan fingerprint density at radius 1 is 0.333 bits per heavy atom. The van der Waals surface area contributed by atoms with Crippen LogP contribution in [0.15, 0.2) is 182 Å². The van der Waals surface area contributed by atoms with Crippen molar-refractivity contribution in [2.24, 2.45) is 0 Å². The van der Waals surface area contributed by atoms with Gasteiger partial charge in [-0.15, -0.1) is 0 Å². The van der Waals surface area contributed by atoms with Gasteiger partial charge in [0.25, 0.3) is 0 Å². The number of para-hydroxylation sites is 4. The topological polar surface area (TPSA) is 60.9 Å². The first kappa shape index (κ1) is 30.2. The molecular weight excluding hydrogens is 661 g/mol. The second kappa shape index (κ2) is 12.1. The lowest BCUT2D eigenvalue weighted by Gasteiger charge is -2.13. The van der Waals surface area contributed by atoms with Gasteiger partial charge >= 0.3 is 0 Å². The SMILES string of the molecule is c1ccc(-c2cc(-c3cccc(-c4ccc5c(c4)c4ccccc4n5-c4nc5ccccc5c5nc6ccccc6n45)c3)nc(-c3ccccc3)n2)cc1. The molecule has 54 heavy (non-hydrogen) atoms. The molecule has 0 atom stereocenters. The zero-order valence-corrected chi connectivity index (χ0v) is 29.0. The molecule has 6 heteroatoms. The number of rotatable bonds is 5. The number of hydrogen-bond acceptors (Lipinski definition) is 4. The minimum absolute atomic E-state index is 0.702. The number of imidazole rings is 1. The van der Waals surface area contributed by atoms with E-state index in [9.17, 15) is 0 Å².